The minimum atomic E-state index is -0.304. The number of methoxy groups -OCH3 is 1. The number of nitrogens with one attached hydrogen (secondary N) is 1. The molecule has 0 radical (unpaired) electrons. The lowest BCUT2D eigenvalue weighted by atomic mass is 10.0. The minimum Gasteiger partial charge on any atom is -0.383 e. The monoisotopic (exact) mass is 318 g/mol. The van der Waals surface area contributed by atoms with Gasteiger partial charge in [0, 0.05) is 25.8 Å². The van der Waals surface area contributed by atoms with Crippen LogP contribution in [0.3, 0.4) is 0 Å². The van der Waals surface area contributed by atoms with Gasteiger partial charge >= 0.3 is 0 Å². The van der Waals surface area contributed by atoms with Gasteiger partial charge in [0.1, 0.15) is 0 Å². The summed E-state index contributed by atoms with van der Waals surface area (Å²) in [6, 6.07) is 7.81. The van der Waals surface area contributed by atoms with Gasteiger partial charge in [-0.15, -0.1) is 0 Å². The van der Waals surface area contributed by atoms with Crippen LogP contribution in [0.25, 0.3) is 0 Å². The Hall–Kier alpha value is -1.88. The van der Waals surface area contributed by atoms with Gasteiger partial charge in [-0.3, -0.25) is 9.59 Å². The van der Waals surface area contributed by atoms with Crippen molar-refractivity contribution >= 4 is 17.5 Å². The SMILES string of the molecule is COC[C@@H](C)N1C[C@H](C(=O)Nc2ccccc2C(C)C)CC1=O. The van der Waals surface area contributed by atoms with E-state index in [1.807, 2.05) is 31.2 Å². The molecule has 126 valence electrons. The quantitative estimate of drug-likeness (QED) is 0.877. The predicted octanol–water partition coefficient (Wildman–Crippen LogP) is 2.63. The molecule has 0 saturated carbocycles. The second-order valence-corrected chi connectivity index (χ2v) is 6.48. The fraction of sp³-hybridized carbons (Fsp3) is 0.556. The van der Waals surface area contributed by atoms with Crippen LogP contribution >= 0.6 is 0 Å². The summed E-state index contributed by atoms with van der Waals surface area (Å²) in [5.41, 5.74) is 1.94. The molecule has 5 nitrogen and oxygen atoms in total. The van der Waals surface area contributed by atoms with Gasteiger partial charge < -0.3 is 15.0 Å². The summed E-state index contributed by atoms with van der Waals surface area (Å²) in [5, 5.41) is 3.00. The summed E-state index contributed by atoms with van der Waals surface area (Å²) < 4.78 is 5.10. The Labute approximate surface area is 138 Å². The van der Waals surface area contributed by atoms with Crippen molar-refractivity contribution in [1.29, 1.82) is 0 Å². The molecule has 2 amide bonds. The molecular weight excluding hydrogens is 292 g/mol. The van der Waals surface area contributed by atoms with E-state index in [1.165, 1.54) is 0 Å². The van der Waals surface area contributed by atoms with E-state index in [9.17, 15) is 9.59 Å². The third-order valence-electron chi connectivity index (χ3n) is 4.31. The second-order valence-electron chi connectivity index (χ2n) is 6.48. The van der Waals surface area contributed by atoms with Crippen LogP contribution < -0.4 is 5.32 Å². The number of para-hydroxylation sites is 1. The minimum absolute atomic E-state index is 0.00625. The lowest BCUT2D eigenvalue weighted by molar-refractivity contribution is -0.130. The fourth-order valence-corrected chi connectivity index (χ4v) is 3.01. The van der Waals surface area contributed by atoms with Crippen LogP contribution in [0, 0.1) is 5.92 Å². The number of carbonyl (C=O) groups excluding carboxylic acids is 2. The number of nitrogens with zero attached hydrogens (tertiary/aromatic N) is 1. The van der Waals surface area contributed by atoms with Crippen molar-refractivity contribution in [3.05, 3.63) is 29.8 Å². The van der Waals surface area contributed by atoms with Crippen molar-refractivity contribution in [2.75, 3.05) is 25.6 Å². The smallest absolute Gasteiger partial charge is 0.229 e. The first-order valence-corrected chi connectivity index (χ1v) is 8.12. The molecule has 1 saturated heterocycles. The van der Waals surface area contributed by atoms with E-state index >= 15 is 0 Å². The third-order valence-corrected chi connectivity index (χ3v) is 4.31. The van der Waals surface area contributed by atoms with Crippen LogP contribution in [0.15, 0.2) is 24.3 Å². The summed E-state index contributed by atoms with van der Waals surface area (Å²) in [7, 11) is 1.62. The van der Waals surface area contributed by atoms with Gasteiger partial charge in [-0.05, 0) is 24.5 Å². The number of anilines is 1. The molecule has 1 aliphatic heterocycles. The summed E-state index contributed by atoms with van der Waals surface area (Å²) in [6.45, 7) is 7.07. The number of ether oxygens (including phenoxy) is 1. The first kappa shape index (κ1) is 17.5. The van der Waals surface area contributed by atoms with Gasteiger partial charge in [0.05, 0.1) is 18.6 Å². The van der Waals surface area contributed by atoms with Crippen LogP contribution in [-0.4, -0.2) is 43.0 Å². The molecule has 1 aliphatic rings. The molecule has 0 aliphatic carbocycles. The molecule has 1 aromatic rings. The molecule has 0 aromatic heterocycles. The van der Waals surface area contributed by atoms with Crippen molar-refractivity contribution in [3.63, 3.8) is 0 Å². The van der Waals surface area contributed by atoms with Crippen LogP contribution in [0.2, 0.25) is 0 Å². The molecular formula is C18H26N2O3. The highest BCUT2D eigenvalue weighted by molar-refractivity contribution is 5.97. The van der Waals surface area contributed by atoms with Gasteiger partial charge in [-0.25, -0.2) is 0 Å². The Morgan fingerprint density at radius 3 is 2.70 bits per heavy atom. The third kappa shape index (κ3) is 4.10. The predicted molar refractivity (Wildman–Crippen MR) is 90.3 cm³/mol. The summed E-state index contributed by atoms with van der Waals surface area (Å²) in [5.74, 6) is -0.0395. The molecule has 1 N–H and O–H groups in total. The maximum absolute atomic E-state index is 12.5. The van der Waals surface area contributed by atoms with Gasteiger partial charge in [-0.2, -0.15) is 0 Å². The highest BCUT2D eigenvalue weighted by atomic mass is 16.5. The number of amides is 2. The van der Waals surface area contributed by atoms with Gasteiger partial charge in [0.25, 0.3) is 0 Å². The molecule has 0 bridgehead atoms. The molecule has 0 spiro atoms. The van der Waals surface area contributed by atoms with Crippen LogP contribution in [0.4, 0.5) is 5.69 Å². The zero-order valence-electron chi connectivity index (χ0n) is 14.3. The molecule has 2 atom stereocenters. The summed E-state index contributed by atoms with van der Waals surface area (Å²) in [4.78, 5) is 26.4. The zero-order chi connectivity index (χ0) is 17.0. The molecule has 0 unspecified atom stereocenters. The van der Waals surface area contributed by atoms with Gasteiger partial charge in [-0.1, -0.05) is 32.0 Å². The van der Waals surface area contributed by atoms with E-state index in [2.05, 4.69) is 19.2 Å². The first-order valence-electron chi connectivity index (χ1n) is 8.12. The highest BCUT2D eigenvalue weighted by Gasteiger charge is 2.36. The summed E-state index contributed by atoms with van der Waals surface area (Å²) in [6.07, 6.45) is 0.268. The van der Waals surface area contributed by atoms with E-state index < -0.39 is 0 Å². The molecule has 1 aromatic carbocycles. The van der Waals surface area contributed by atoms with Crippen molar-refractivity contribution in [2.24, 2.45) is 5.92 Å². The lowest BCUT2D eigenvalue weighted by Crippen LogP contribution is -2.38. The van der Waals surface area contributed by atoms with E-state index in [4.69, 9.17) is 4.74 Å². The number of carbonyl (C=O) groups is 2. The number of rotatable bonds is 6. The largest absolute Gasteiger partial charge is 0.383 e. The van der Waals surface area contributed by atoms with Crippen molar-refractivity contribution < 1.29 is 14.3 Å². The van der Waals surface area contributed by atoms with Crippen LogP contribution in [-0.2, 0) is 14.3 Å². The molecule has 1 heterocycles. The normalized spacial score (nSPS) is 19.3. The Morgan fingerprint density at radius 2 is 2.04 bits per heavy atom. The van der Waals surface area contributed by atoms with Gasteiger partial charge in [0.15, 0.2) is 0 Å². The van der Waals surface area contributed by atoms with E-state index in [0.29, 0.717) is 19.1 Å². The molecule has 5 heteroatoms. The van der Waals surface area contributed by atoms with E-state index in [0.717, 1.165) is 11.3 Å². The maximum atomic E-state index is 12.5. The number of likely N-dealkylation sites (tertiary alicyclic amines) is 1. The van der Waals surface area contributed by atoms with Crippen molar-refractivity contribution in [3.8, 4) is 0 Å². The highest BCUT2D eigenvalue weighted by Crippen LogP contribution is 2.26. The van der Waals surface area contributed by atoms with E-state index in [-0.39, 0.29) is 30.2 Å². The summed E-state index contributed by atoms with van der Waals surface area (Å²) >= 11 is 0. The molecule has 23 heavy (non-hydrogen) atoms. The standard InChI is InChI=1S/C18H26N2O3/c1-12(2)15-7-5-6-8-16(15)19-18(22)14-9-17(21)20(10-14)13(3)11-23-4/h5-8,12-14H,9-11H2,1-4H3,(H,19,22)/t13-,14-/m1/s1. The van der Waals surface area contributed by atoms with E-state index in [1.54, 1.807) is 12.0 Å². The number of benzene rings is 1. The molecule has 1 fully saturated rings. The maximum Gasteiger partial charge on any atom is 0.229 e. The Kier molecular flexibility index (Phi) is 5.77. The fourth-order valence-electron chi connectivity index (χ4n) is 3.01. The molecule has 2 rings (SSSR count). The Morgan fingerprint density at radius 1 is 1.35 bits per heavy atom. The average molecular weight is 318 g/mol. The second kappa shape index (κ2) is 7.59. The van der Waals surface area contributed by atoms with Crippen LogP contribution in [0.1, 0.15) is 38.7 Å². The van der Waals surface area contributed by atoms with Crippen molar-refractivity contribution in [1.82, 2.24) is 4.90 Å². The number of hydrogen-bond donors (Lipinski definition) is 1. The number of hydrogen-bond acceptors (Lipinski definition) is 3. The average Bonchev–Trinajstić information content (AvgIpc) is 2.90. The Bertz CT molecular complexity index is 571. The Balaban J connectivity index is 2.04. The zero-order valence-corrected chi connectivity index (χ0v) is 14.3. The topological polar surface area (TPSA) is 58.6 Å². The van der Waals surface area contributed by atoms with Crippen LogP contribution in [0.5, 0.6) is 0 Å². The lowest BCUT2D eigenvalue weighted by Gasteiger charge is -2.24. The van der Waals surface area contributed by atoms with Crippen molar-refractivity contribution in [2.45, 2.75) is 39.2 Å². The van der Waals surface area contributed by atoms with Gasteiger partial charge in [0.2, 0.25) is 11.8 Å². The first-order chi connectivity index (χ1) is 10.9.